The van der Waals surface area contributed by atoms with Crippen LogP contribution < -0.4 is 14.8 Å². The lowest BCUT2D eigenvalue weighted by Gasteiger charge is -2.22. The largest absolute Gasteiger partial charge is 0.497 e. The van der Waals surface area contributed by atoms with E-state index in [1.165, 1.54) is 5.56 Å². The molecular weight excluding hydrogens is 306 g/mol. The fraction of sp³-hybridized carbons (Fsp3) is 0.444. The second-order valence-electron chi connectivity index (χ2n) is 5.79. The van der Waals surface area contributed by atoms with Crippen molar-refractivity contribution < 1.29 is 14.2 Å². The molecule has 0 spiro atoms. The molecule has 1 aromatic heterocycles. The van der Waals surface area contributed by atoms with E-state index >= 15 is 0 Å². The third-order valence-corrected chi connectivity index (χ3v) is 4.32. The Kier molecular flexibility index (Phi) is 5.48. The van der Waals surface area contributed by atoms with Gasteiger partial charge in [-0.15, -0.1) is 5.10 Å². The van der Waals surface area contributed by atoms with E-state index in [1.807, 2.05) is 24.4 Å². The summed E-state index contributed by atoms with van der Waals surface area (Å²) in [5.41, 5.74) is 2.26. The van der Waals surface area contributed by atoms with Crippen LogP contribution in [0.2, 0.25) is 0 Å². The van der Waals surface area contributed by atoms with Crippen molar-refractivity contribution in [2.75, 3.05) is 32.8 Å². The first-order valence-electron chi connectivity index (χ1n) is 8.15. The Labute approximate surface area is 142 Å². The smallest absolute Gasteiger partial charge is 0.149 e. The average molecular weight is 329 g/mol. The second-order valence-corrected chi connectivity index (χ2v) is 5.79. The van der Waals surface area contributed by atoms with Crippen LogP contribution in [-0.4, -0.2) is 37.6 Å². The summed E-state index contributed by atoms with van der Waals surface area (Å²) in [4.78, 5) is 0. The predicted octanol–water partition coefficient (Wildman–Crippen LogP) is 3.00. The SMILES string of the molecule is COc1ccc(CNc2cc(C3CCOCC3)cnn2)c(OC)c1. The first kappa shape index (κ1) is 16.5. The van der Waals surface area contributed by atoms with Gasteiger partial charge in [-0.25, -0.2) is 0 Å². The molecule has 0 amide bonds. The summed E-state index contributed by atoms with van der Waals surface area (Å²) in [6.07, 6.45) is 3.93. The van der Waals surface area contributed by atoms with E-state index in [-0.39, 0.29) is 0 Å². The zero-order valence-corrected chi connectivity index (χ0v) is 14.1. The highest BCUT2D eigenvalue weighted by molar-refractivity contribution is 5.44. The number of anilines is 1. The molecule has 1 N–H and O–H groups in total. The molecule has 128 valence electrons. The first-order chi connectivity index (χ1) is 11.8. The van der Waals surface area contributed by atoms with Gasteiger partial charge >= 0.3 is 0 Å². The van der Waals surface area contributed by atoms with Crippen LogP contribution in [0, 0.1) is 0 Å². The molecule has 6 heteroatoms. The van der Waals surface area contributed by atoms with Gasteiger partial charge in [0.1, 0.15) is 17.3 Å². The van der Waals surface area contributed by atoms with Crippen molar-refractivity contribution in [3.05, 3.63) is 41.6 Å². The van der Waals surface area contributed by atoms with E-state index in [4.69, 9.17) is 14.2 Å². The highest BCUT2D eigenvalue weighted by Gasteiger charge is 2.17. The molecule has 0 radical (unpaired) electrons. The van der Waals surface area contributed by atoms with E-state index in [2.05, 4.69) is 21.6 Å². The lowest BCUT2D eigenvalue weighted by molar-refractivity contribution is 0.0852. The number of hydrogen-bond acceptors (Lipinski definition) is 6. The van der Waals surface area contributed by atoms with Gasteiger partial charge in [-0.05, 0) is 42.5 Å². The minimum Gasteiger partial charge on any atom is -0.497 e. The Balaban J connectivity index is 1.68. The van der Waals surface area contributed by atoms with Crippen molar-refractivity contribution >= 4 is 5.82 Å². The number of hydrogen-bond donors (Lipinski definition) is 1. The maximum absolute atomic E-state index is 5.43. The number of methoxy groups -OCH3 is 2. The van der Waals surface area contributed by atoms with Crippen LogP contribution in [0.3, 0.4) is 0 Å². The quantitative estimate of drug-likeness (QED) is 0.879. The van der Waals surface area contributed by atoms with E-state index < -0.39 is 0 Å². The summed E-state index contributed by atoms with van der Waals surface area (Å²) < 4.78 is 16.1. The normalized spacial score (nSPS) is 15.1. The highest BCUT2D eigenvalue weighted by Crippen LogP contribution is 2.28. The van der Waals surface area contributed by atoms with E-state index in [0.717, 1.165) is 48.9 Å². The molecule has 0 bridgehead atoms. The first-order valence-corrected chi connectivity index (χ1v) is 8.15. The van der Waals surface area contributed by atoms with Gasteiger partial charge in [-0.1, -0.05) is 0 Å². The Bertz CT molecular complexity index is 672. The van der Waals surface area contributed by atoms with Gasteiger partial charge in [0.25, 0.3) is 0 Å². The van der Waals surface area contributed by atoms with Crippen LogP contribution in [0.15, 0.2) is 30.5 Å². The molecule has 0 saturated carbocycles. The number of benzene rings is 1. The Morgan fingerprint density at radius 3 is 2.75 bits per heavy atom. The number of nitrogens with zero attached hydrogens (tertiary/aromatic N) is 2. The minimum atomic E-state index is 0.505. The molecule has 0 aliphatic carbocycles. The molecule has 24 heavy (non-hydrogen) atoms. The third kappa shape index (κ3) is 3.94. The lowest BCUT2D eigenvalue weighted by Crippen LogP contribution is -2.15. The maximum Gasteiger partial charge on any atom is 0.149 e. The van der Waals surface area contributed by atoms with E-state index in [0.29, 0.717) is 12.5 Å². The summed E-state index contributed by atoms with van der Waals surface area (Å²) in [5.74, 6) is 2.84. The van der Waals surface area contributed by atoms with Gasteiger partial charge in [0, 0.05) is 31.4 Å². The van der Waals surface area contributed by atoms with E-state index in [1.54, 1.807) is 14.2 Å². The number of aromatic nitrogens is 2. The van der Waals surface area contributed by atoms with Crippen LogP contribution in [0.5, 0.6) is 11.5 Å². The van der Waals surface area contributed by atoms with Gasteiger partial charge in [0.2, 0.25) is 0 Å². The van der Waals surface area contributed by atoms with Crippen molar-refractivity contribution in [1.82, 2.24) is 10.2 Å². The van der Waals surface area contributed by atoms with Crippen molar-refractivity contribution in [3.8, 4) is 11.5 Å². The molecule has 1 aliphatic rings. The summed E-state index contributed by atoms with van der Waals surface area (Å²) in [5, 5.41) is 11.6. The molecule has 6 nitrogen and oxygen atoms in total. The van der Waals surface area contributed by atoms with Crippen LogP contribution in [0.1, 0.15) is 29.9 Å². The number of rotatable bonds is 6. The van der Waals surface area contributed by atoms with E-state index in [9.17, 15) is 0 Å². The molecule has 1 aliphatic heterocycles. The monoisotopic (exact) mass is 329 g/mol. The molecule has 1 saturated heterocycles. The fourth-order valence-electron chi connectivity index (χ4n) is 2.91. The molecule has 3 rings (SSSR count). The molecule has 0 atom stereocenters. The lowest BCUT2D eigenvalue weighted by atomic mass is 9.93. The predicted molar refractivity (Wildman–Crippen MR) is 91.7 cm³/mol. The van der Waals surface area contributed by atoms with Crippen LogP contribution >= 0.6 is 0 Å². The average Bonchev–Trinajstić information content (AvgIpc) is 2.67. The minimum absolute atomic E-state index is 0.505. The topological polar surface area (TPSA) is 65.5 Å². The second kappa shape index (κ2) is 7.97. The van der Waals surface area contributed by atoms with Crippen LogP contribution in [0.4, 0.5) is 5.82 Å². The Hall–Kier alpha value is -2.34. The summed E-state index contributed by atoms with van der Waals surface area (Å²) in [7, 11) is 3.30. The third-order valence-electron chi connectivity index (χ3n) is 4.32. The number of ether oxygens (including phenoxy) is 3. The zero-order chi connectivity index (χ0) is 16.8. The Morgan fingerprint density at radius 1 is 1.17 bits per heavy atom. The van der Waals surface area contributed by atoms with Gasteiger partial charge < -0.3 is 19.5 Å². The number of nitrogens with one attached hydrogen (secondary N) is 1. The van der Waals surface area contributed by atoms with Crippen molar-refractivity contribution in [1.29, 1.82) is 0 Å². The van der Waals surface area contributed by atoms with Gasteiger partial charge in [0.05, 0.1) is 20.4 Å². The van der Waals surface area contributed by atoms with Gasteiger partial charge in [0.15, 0.2) is 0 Å². The fourth-order valence-corrected chi connectivity index (χ4v) is 2.91. The van der Waals surface area contributed by atoms with Crippen molar-refractivity contribution in [3.63, 3.8) is 0 Å². The summed E-state index contributed by atoms with van der Waals surface area (Å²) >= 11 is 0. The summed E-state index contributed by atoms with van der Waals surface area (Å²) in [6.45, 7) is 2.25. The maximum atomic E-state index is 5.43. The highest BCUT2D eigenvalue weighted by atomic mass is 16.5. The Morgan fingerprint density at radius 2 is 2.00 bits per heavy atom. The van der Waals surface area contributed by atoms with Crippen LogP contribution in [-0.2, 0) is 11.3 Å². The molecule has 1 aromatic carbocycles. The zero-order valence-electron chi connectivity index (χ0n) is 14.1. The molecule has 0 unspecified atom stereocenters. The summed E-state index contributed by atoms with van der Waals surface area (Å²) in [6, 6.07) is 7.87. The molecule has 2 heterocycles. The standard InChI is InChI=1S/C18H23N3O3/c1-22-16-4-3-14(17(10-16)23-2)11-19-18-9-15(12-20-21-18)13-5-7-24-8-6-13/h3-4,9-10,12-13H,5-8,11H2,1-2H3,(H,19,21). The molecule has 1 fully saturated rings. The molecular formula is C18H23N3O3. The van der Waals surface area contributed by atoms with Crippen molar-refractivity contribution in [2.24, 2.45) is 0 Å². The van der Waals surface area contributed by atoms with Gasteiger partial charge in [-0.2, -0.15) is 5.10 Å². The van der Waals surface area contributed by atoms with Crippen LogP contribution in [0.25, 0.3) is 0 Å². The molecule has 2 aromatic rings. The van der Waals surface area contributed by atoms with Gasteiger partial charge in [-0.3, -0.25) is 0 Å². The van der Waals surface area contributed by atoms with Crippen molar-refractivity contribution in [2.45, 2.75) is 25.3 Å².